The van der Waals surface area contributed by atoms with E-state index < -0.39 is 18.3 Å². The first kappa shape index (κ1) is 15.8. The van der Waals surface area contributed by atoms with Gasteiger partial charge < -0.3 is 10.0 Å². The van der Waals surface area contributed by atoms with E-state index in [4.69, 9.17) is 5.11 Å². The summed E-state index contributed by atoms with van der Waals surface area (Å²) >= 11 is 0. The van der Waals surface area contributed by atoms with Crippen LogP contribution in [-0.4, -0.2) is 53.6 Å². The number of alkyl halides is 3. The monoisotopic (exact) mass is 302 g/mol. The van der Waals surface area contributed by atoms with Gasteiger partial charge in [0.15, 0.2) is 0 Å². The minimum atomic E-state index is -4.33. The molecule has 7 heteroatoms. The minimum absolute atomic E-state index is 0.311. The summed E-state index contributed by atoms with van der Waals surface area (Å²) in [7, 11) is 0. The van der Waals surface area contributed by atoms with E-state index in [1.54, 1.807) is 11.0 Å². The lowest BCUT2D eigenvalue weighted by atomic mass is 10.1. The fourth-order valence-electron chi connectivity index (χ4n) is 2.36. The highest BCUT2D eigenvalue weighted by atomic mass is 19.4. The van der Waals surface area contributed by atoms with E-state index in [9.17, 15) is 18.0 Å². The van der Waals surface area contributed by atoms with Crippen molar-refractivity contribution in [3.8, 4) is 0 Å². The predicted octanol–water partition coefficient (Wildman–Crippen LogP) is 1.34. The Kier molecular flexibility index (Phi) is 4.84. The van der Waals surface area contributed by atoms with E-state index in [1.807, 2.05) is 4.90 Å². The fraction of sp³-hybridized carbons (Fsp3) is 0.500. The maximum atomic E-state index is 12.6. The molecule has 1 aliphatic heterocycles. The van der Waals surface area contributed by atoms with E-state index >= 15 is 0 Å². The molecule has 1 saturated heterocycles. The molecule has 0 saturated carbocycles. The fourth-order valence-corrected chi connectivity index (χ4v) is 2.36. The Hall–Kier alpha value is -1.60. The molecule has 1 heterocycles. The number of amides is 1. The summed E-state index contributed by atoms with van der Waals surface area (Å²) < 4.78 is 37.9. The number of hydrogen-bond acceptors (Lipinski definition) is 3. The maximum absolute atomic E-state index is 12.6. The van der Waals surface area contributed by atoms with Crippen LogP contribution in [0.15, 0.2) is 24.3 Å². The summed E-state index contributed by atoms with van der Waals surface area (Å²) in [6.45, 7) is 2.05. The van der Waals surface area contributed by atoms with E-state index in [0.29, 0.717) is 38.3 Å². The van der Waals surface area contributed by atoms with Crippen LogP contribution in [0.2, 0.25) is 0 Å². The lowest BCUT2D eigenvalue weighted by Gasteiger charge is -2.34. The van der Waals surface area contributed by atoms with Gasteiger partial charge in [-0.25, -0.2) is 0 Å². The van der Waals surface area contributed by atoms with Crippen LogP contribution in [-0.2, 0) is 17.5 Å². The number of carbonyl (C=O) groups is 1. The Balaban J connectivity index is 1.93. The van der Waals surface area contributed by atoms with Gasteiger partial charge in [-0.2, -0.15) is 13.2 Å². The predicted molar refractivity (Wildman–Crippen MR) is 70.4 cm³/mol. The highest BCUT2D eigenvalue weighted by Crippen LogP contribution is 2.29. The summed E-state index contributed by atoms with van der Waals surface area (Å²) in [6, 6.07) is 5.29. The molecule has 0 unspecified atom stereocenters. The Labute approximate surface area is 120 Å². The first-order valence-electron chi connectivity index (χ1n) is 6.67. The summed E-state index contributed by atoms with van der Waals surface area (Å²) in [4.78, 5) is 14.9. The molecule has 0 atom stereocenters. The number of carbonyl (C=O) groups excluding carboxylic acids is 1. The molecule has 0 spiro atoms. The molecule has 0 radical (unpaired) electrons. The molecule has 1 N–H and O–H groups in total. The minimum Gasteiger partial charge on any atom is -0.387 e. The van der Waals surface area contributed by atoms with Crippen LogP contribution in [0.25, 0.3) is 0 Å². The third-order valence-corrected chi connectivity index (χ3v) is 3.52. The Morgan fingerprint density at radius 3 is 2.43 bits per heavy atom. The van der Waals surface area contributed by atoms with Crippen LogP contribution in [0.5, 0.6) is 0 Å². The molecular weight excluding hydrogens is 285 g/mol. The molecule has 0 aromatic heterocycles. The molecule has 1 aromatic carbocycles. The van der Waals surface area contributed by atoms with Gasteiger partial charge in [0, 0.05) is 32.7 Å². The van der Waals surface area contributed by atoms with E-state index in [0.717, 1.165) is 12.1 Å². The van der Waals surface area contributed by atoms with Crippen molar-refractivity contribution in [2.24, 2.45) is 0 Å². The number of rotatable bonds is 3. The molecule has 116 valence electrons. The van der Waals surface area contributed by atoms with Crippen molar-refractivity contribution >= 4 is 5.91 Å². The van der Waals surface area contributed by atoms with E-state index in [2.05, 4.69) is 0 Å². The number of piperazine rings is 1. The quantitative estimate of drug-likeness (QED) is 0.916. The molecule has 0 bridgehead atoms. The third kappa shape index (κ3) is 4.18. The van der Waals surface area contributed by atoms with Gasteiger partial charge >= 0.3 is 6.18 Å². The molecule has 4 nitrogen and oxygen atoms in total. The normalized spacial score (nSPS) is 17.0. The van der Waals surface area contributed by atoms with E-state index in [-0.39, 0.29) is 5.91 Å². The topological polar surface area (TPSA) is 43.8 Å². The molecular formula is C14H17F3N2O2. The van der Waals surface area contributed by atoms with Crippen LogP contribution >= 0.6 is 0 Å². The van der Waals surface area contributed by atoms with E-state index in [1.165, 1.54) is 6.07 Å². The highest BCUT2D eigenvalue weighted by Gasteiger charge is 2.30. The van der Waals surface area contributed by atoms with Crippen molar-refractivity contribution in [2.45, 2.75) is 12.7 Å². The second-order valence-corrected chi connectivity index (χ2v) is 5.01. The van der Waals surface area contributed by atoms with Crippen LogP contribution in [0, 0.1) is 0 Å². The molecule has 1 amide bonds. The smallest absolute Gasteiger partial charge is 0.387 e. The first-order chi connectivity index (χ1) is 9.90. The SMILES string of the molecule is O=C(CO)N1CCN(Cc2cccc(C(F)(F)F)c2)CC1. The number of aliphatic hydroxyl groups excluding tert-OH is 1. The van der Waals surface area contributed by atoms with Crippen molar-refractivity contribution in [3.63, 3.8) is 0 Å². The van der Waals surface area contributed by atoms with Crippen molar-refractivity contribution < 1.29 is 23.1 Å². The third-order valence-electron chi connectivity index (χ3n) is 3.52. The second kappa shape index (κ2) is 6.44. The van der Waals surface area contributed by atoms with Crippen molar-refractivity contribution in [1.82, 2.24) is 9.80 Å². The number of aliphatic hydroxyl groups is 1. The van der Waals surface area contributed by atoms with Crippen LogP contribution < -0.4 is 0 Å². The lowest BCUT2D eigenvalue weighted by Crippen LogP contribution is -2.49. The number of nitrogens with zero attached hydrogens (tertiary/aromatic N) is 2. The summed E-state index contributed by atoms with van der Waals surface area (Å²) in [5.74, 6) is -0.311. The number of halogens is 3. The van der Waals surface area contributed by atoms with Crippen molar-refractivity contribution in [2.75, 3.05) is 32.8 Å². The second-order valence-electron chi connectivity index (χ2n) is 5.01. The average molecular weight is 302 g/mol. The van der Waals surface area contributed by atoms with Crippen LogP contribution in [0.3, 0.4) is 0 Å². The molecule has 1 aromatic rings. The lowest BCUT2D eigenvalue weighted by molar-refractivity contribution is -0.138. The molecule has 1 aliphatic rings. The summed E-state index contributed by atoms with van der Waals surface area (Å²) in [5.41, 5.74) is -0.0409. The summed E-state index contributed by atoms with van der Waals surface area (Å²) in [5, 5.41) is 8.78. The van der Waals surface area contributed by atoms with Crippen molar-refractivity contribution in [3.05, 3.63) is 35.4 Å². The molecule has 21 heavy (non-hydrogen) atoms. The van der Waals surface area contributed by atoms with Crippen LogP contribution in [0.4, 0.5) is 13.2 Å². The Morgan fingerprint density at radius 2 is 1.86 bits per heavy atom. The van der Waals surface area contributed by atoms with Crippen LogP contribution in [0.1, 0.15) is 11.1 Å². The molecule has 2 rings (SSSR count). The van der Waals surface area contributed by atoms with Gasteiger partial charge in [0.05, 0.1) is 5.56 Å². The Bertz CT molecular complexity index is 497. The zero-order valence-electron chi connectivity index (χ0n) is 11.4. The van der Waals surface area contributed by atoms with Gasteiger partial charge in [-0.15, -0.1) is 0 Å². The summed E-state index contributed by atoms with van der Waals surface area (Å²) in [6.07, 6.45) is -4.33. The van der Waals surface area contributed by atoms with Gasteiger partial charge in [-0.05, 0) is 11.6 Å². The maximum Gasteiger partial charge on any atom is 0.416 e. The first-order valence-corrected chi connectivity index (χ1v) is 6.67. The average Bonchev–Trinajstić information content (AvgIpc) is 2.47. The Morgan fingerprint density at radius 1 is 1.19 bits per heavy atom. The highest BCUT2D eigenvalue weighted by molar-refractivity contribution is 5.77. The number of hydrogen-bond donors (Lipinski definition) is 1. The van der Waals surface area contributed by atoms with Gasteiger partial charge in [0.1, 0.15) is 6.61 Å². The van der Waals surface area contributed by atoms with Gasteiger partial charge in [0.25, 0.3) is 0 Å². The zero-order chi connectivity index (χ0) is 15.5. The molecule has 0 aliphatic carbocycles. The van der Waals surface area contributed by atoms with Gasteiger partial charge in [-0.1, -0.05) is 18.2 Å². The molecule has 1 fully saturated rings. The number of benzene rings is 1. The van der Waals surface area contributed by atoms with Gasteiger partial charge in [-0.3, -0.25) is 9.69 Å². The zero-order valence-corrected chi connectivity index (χ0v) is 11.4. The van der Waals surface area contributed by atoms with Crippen molar-refractivity contribution in [1.29, 1.82) is 0 Å². The largest absolute Gasteiger partial charge is 0.416 e. The van der Waals surface area contributed by atoms with Gasteiger partial charge in [0.2, 0.25) is 5.91 Å². The standard InChI is InChI=1S/C14H17F3N2O2/c15-14(16,17)12-3-1-2-11(8-12)9-18-4-6-19(7-5-18)13(21)10-20/h1-3,8,20H,4-7,9-10H2.